The molecule has 7 nitrogen and oxygen atoms in total. The SMILES string of the molecule is CCCOC(=O)[C@H](CC(C)C)N(C)C(=O)CCCCCCCCn1c(C)nc2cnccc21. The number of likely N-dealkylation sites (N-methyl/N-ethyl adjacent to an activating group) is 1. The molecule has 33 heavy (non-hydrogen) atoms. The van der Waals surface area contributed by atoms with Crippen molar-refractivity contribution in [3.63, 3.8) is 0 Å². The van der Waals surface area contributed by atoms with E-state index in [1.54, 1.807) is 11.9 Å². The standard InChI is InChI=1S/C26H42N4O3/c1-6-17-33-26(32)24(18-20(2)3)29(5)25(31)13-11-9-7-8-10-12-16-30-21(4)28-22-19-27-15-14-23(22)30/h14-15,19-20,24H,6-13,16-18H2,1-5H3/t24-/m0/s1. The third-order valence-electron chi connectivity index (χ3n) is 6.04. The topological polar surface area (TPSA) is 77.3 Å². The first-order chi connectivity index (χ1) is 15.8. The number of nitrogens with zero attached hydrogens (tertiary/aromatic N) is 4. The summed E-state index contributed by atoms with van der Waals surface area (Å²) in [6.45, 7) is 9.52. The lowest BCUT2D eigenvalue weighted by molar-refractivity contribution is -0.155. The van der Waals surface area contributed by atoms with E-state index in [9.17, 15) is 9.59 Å². The first-order valence-corrected chi connectivity index (χ1v) is 12.5. The lowest BCUT2D eigenvalue weighted by Crippen LogP contribution is -2.44. The molecular weight excluding hydrogens is 416 g/mol. The molecule has 0 aliphatic heterocycles. The van der Waals surface area contributed by atoms with Crippen molar-refractivity contribution in [1.29, 1.82) is 0 Å². The Morgan fingerprint density at radius 1 is 1.12 bits per heavy atom. The zero-order valence-corrected chi connectivity index (χ0v) is 21.2. The highest BCUT2D eigenvalue weighted by atomic mass is 16.5. The van der Waals surface area contributed by atoms with Crippen molar-refractivity contribution in [2.24, 2.45) is 5.92 Å². The Bertz CT molecular complexity index is 878. The van der Waals surface area contributed by atoms with Gasteiger partial charge in [0.1, 0.15) is 17.4 Å². The van der Waals surface area contributed by atoms with Crippen molar-refractivity contribution in [3.8, 4) is 0 Å². The van der Waals surface area contributed by atoms with Crippen LogP contribution in [0.25, 0.3) is 11.0 Å². The van der Waals surface area contributed by atoms with Gasteiger partial charge in [-0.2, -0.15) is 0 Å². The second-order valence-corrected chi connectivity index (χ2v) is 9.36. The van der Waals surface area contributed by atoms with E-state index >= 15 is 0 Å². The lowest BCUT2D eigenvalue weighted by Gasteiger charge is -2.28. The summed E-state index contributed by atoms with van der Waals surface area (Å²) in [6, 6.07) is 1.54. The minimum absolute atomic E-state index is 0.0334. The zero-order chi connectivity index (χ0) is 24.2. The highest BCUT2D eigenvalue weighted by Crippen LogP contribution is 2.17. The number of carbonyl (C=O) groups is 2. The predicted molar refractivity (Wildman–Crippen MR) is 132 cm³/mol. The molecule has 0 spiro atoms. The number of ether oxygens (including phenoxy) is 1. The minimum Gasteiger partial charge on any atom is -0.464 e. The maximum absolute atomic E-state index is 12.7. The van der Waals surface area contributed by atoms with Crippen LogP contribution in [0.4, 0.5) is 0 Å². The molecule has 2 aromatic rings. The molecular formula is C26H42N4O3. The van der Waals surface area contributed by atoms with E-state index in [2.05, 4.69) is 28.4 Å². The van der Waals surface area contributed by atoms with Crippen molar-refractivity contribution in [3.05, 3.63) is 24.3 Å². The van der Waals surface area contributed by atoms with E-state index < -0.39 is 6.04 Å². The van der Waals surface area contributed by atoms with E-state index in [0.29, 0.717) is 25.4 Å². The van der Waals surface area contributed by atoms with Crippen LogP contribution < -0.4 is 0 Å². The Balaban J connectivity index is 1.65. The van der Waals surface area contributed by atoms with Crippen LogP contribution in [-0.2, 0) is 20.9 Å². The van der Waals surface area contributed by atoms with Crippen LogP contribution in [0.5, 0.6) is 0 Å². The van der Waals surface area contributed by atoms with Gasteiger partial charge in [0.15, 0.2) is 0 Å². The number of amides is 1. The van der Waals surface area contributed by atoms with Crippen LogP contribution in [0.3, 0.4) is 0 Å². The van der Waals surface area contributed by atoms with E-state index in [4.69, 9.17) is 4.74 Å². The summed E-state index contributed by atoms with van der Waals surface area (Å²) >= 11 is 0. The highest BCUT2D eigenvalue weighted by Gasteiger charge is 2.28. The predicted octanol–water partition coefficient (Wildman–Crippen LogP) is 5.30. The van der Waals surface area contributed by atoms with Gasteiger partial charge in [0.05, 0.1) is 18.3 Å². The molecule has 0 saturated carbocycles. The van der Waals surface area contributed by atoms with Crippen molar-refractivity contribution in [2.75, 3.05) is 13.7 Å². The maximum Gasteiger partial charge on any atom is 0.328 e. The average Bonchev–Trinajstić information content (AvgIpc) is 3.11. The van der Waals surface area contributed by atoms with E-state index in [-0.39, 0.29) is 11.9 Å². The molecule has 2 rings (SSSR count). The van der Waals surface area contributed by atoms with Gasteiger partial charge in [-0.05, 0) is 44.6 Å². The largest absolute Gasteiger partial charge is 0.464 e. The monoisotopic (exact) mass is 458 g/mol. The van der Waals surface area contributed by atoms with E-state index in [0.717, 1.165) is 68.3 Å². The number of hydrogen-bond acceptors (Lipinski definition) is 5. The summed E-state index contributed by atoms with van der Waals surface area (Å²) in [6.07, 6.45) is 12.0. The maximum atomic E-state index is 12.7. The Hall–Kier alpha value is -2.44. The zero-order valence-electron chi connectivity index (χ0n) is 21.2. The van der Waals surface area contributed by atoms with Crippen LogP contribution in [-0.4, -0.2) is 51.0 Å². The normalized spacial score (nSPS) is 12.3. The number of rotatable bonds is 15. The number of aryl methyl sites for hydroxylation is 2. The second-order valence-electron chi connectivity index (χ2n) is 9.36. The van der Waals surface area contributed by atoms with Crippen LogP contribution in [0, 0.1) is 12.8 Å². The molecule has 2 heterocycles. The van der Waals surface area contributed by atoms with Gasteiger partial charge in [-0.25, -0.2) is 9.78 Å². The van der Waals surface area contributed by atoms with Gasteiger partial charge in [-0.15, -0.1) is 0 Å². The van der Waals surface area contributed by atoms with E-state index in [1.165, 1.54) is 0 Å². The summed E-state index contributed by atoms with van der Waals surface area (Å²) in [4.78, 5) is 35.4. The van der Waals surface area contributed by atoms with E-state index in [1.807, 2.05) is 32.3 Å². The van der Waals surface area contributed by atoms with Crippen LogP contribution in [0.2, 0.25) is 0 Å². The van der Waals surface area contributed by atoms with Crippen LogP contribution >= 0.6 is 0 Å². The molecule has 0 N–H and O–H groups in total. The molecule has 184 valence electrons. The molecule has 0 aliphatic carbocycles. The Morgan fingerprint density at radius 3 is 2.52 bits per heavy atom. The van der Waals surface area contributed by atoms with Crippen LogP contribution in [0.1, 0.15) is 84.4 Å². The Labute approximate surface area is 198 Å². The summed E-state index contributed by atoms with van der Waals surface area (Å²) < 4.78 is 7.59. The number of hydrogen-bond donors (Lipinski definition) is 0. The van der Waals surface area contributed by atoms with Gasteiger partial charge in [-0.3, -0.25) is 9.78 Å². The number of fused-ring (bicyclic) bond motifs is 1. The number of imidazole rings is 1. The molecule has 0 aliphatic rings. The van der Waals surface area contributed by atoms with Crippen molar-refractivity contribution < 1.29 is 14.3 Å². The molecule has 1 amide bonds. The van der Waals surface area contributed by atoms with Gasteiger partial charge < -0.3 is 14.2 Å². The van der Waals surface area contributed by atoms with Gasteiger partial charge in [-0.1, -0.05) is 46.5 Å². The summed E-state index contributed by atoms with van der Waals surface area (Å²) in [5.74, 6) is 1.11. The molecule has 1 atom stereocenters. The second kappa shape index (κ2) is 14.0. The number of aromatic nitrogens is 3. The van der Waals surface area contributed by atoms with Crippen molar-refractivity contribution >= 4 is 22.9 Å². The molecule has 0 bridgehead atoms. The molecule has 0 fully saturated rings. The molecule has 0 saturated heterocycles. The summed E-state index contributed by atoms with van der Waals surface area (Å²) in [5.41, 5.74) is 2.11. The number of carbonyl (C=O) groups excluding carboxylic acids is 2. The molecule has 7 heteroatoms. The lowest BCUT2D eigenvalue weighted by atomic mass is 10.0. The first kappa shape index (κ1) is 26.8. The highest BCUT2D eigenvalue weighted by molar-refractivity contribution is 5.84. The molecule has 0 radical (unpaired) electrons. The fourth-order valence-electron chi connectivity index (χ4n) is 4.15. The summed E-state index contributed by atoms with van der Waals surface area (Å²) in [7, 11) is 1.74. The third kappa shape index (κ3) is 8.45. The third-order valence-corrected chi connectivity index (χ3v) is 6.04. The van der Waals surface area contributed by atoms with Gasteiger partial charge in [0, 0.05) is 26.2 Å². The van der Waals surface area contributed by atoms with Crippen LogP contribution in [0.15, 0.2) is 18.5 Å². The van der Waals surface area contributed by atoms with Gasteiger partial charge in [0.2, 0.25) is 5.91 Å². The number of unbranched alkanes of at least 4 members (excludes halogenated alkanes) is 5. The number of pyridine rings is 1. The van der Waals surface area contributed by atoms with Crippen molar-refractivity contribution in [1.82, 2.24) is 19.4 Å². The summed E-state index contributed by atoms with van der Waals surface area (Å²) in [5, 5.41) is 0. The first-order valence-electron chi connectivity index (χ1n) is 12.5. The molecule has 2 aromatic heterocycles. The fourth-order valence-corrected chi connectivity index (χ4v) is 4.15. The Morgan fingerprint density at radius 2 is 1.82 bits per heavy atom. The molecule has 0 aromatic carbocycles. The molecule has 0 unspecified atom stereocenters. The van der Waals surface area contributed by atoms with Gasteiger partial charge >= 0.3 is 5.97 Å². The smallest absolute Gasteiger partial charge is 0.328 e. The average molecular weight is 459 g/mol. The quantitative estimate of drug-likeness (QED) is 0.267. The minimum atomic E-state index is -0.484. The van der Waals surface area contributed by atoms with Crippen molar-refractivity contribution in [2.45, 2.75) is 98.1 Å². The van der Waals surface area contributed by atoms with Gasteiger partial charge in [0.25, 0.3) is 0 Å². The number of esters is 1. The fraction of sp³-hybridized carbons (Fsp3) is 0.692. The Kier molecular flexibility index (Phi) is 11.3.